The average molecular weight is 222 g/mol. The minimum absolute atomic E-state index is 0.264. The molecule has 2 rings (SSSR count). The van der Waals surface area contributed by atoms with E-state index < -0.39 is 6.04 Å². The molecule has 0 N–H and O–H groups in total. The van der Waals surface area contributed by atoms with E-state index >= 15 is 0 Å². The number of benzene rings is 1. The number of carbonyl (C=O) groups is 1. The lowest BCUT2D eigenvalue weighted by atomic mass is 10.1. The van der Waals surface area contributed by atoms with Gasteiger partial charge in [0.1, 0.15) is 0 Å². The maximum absolute atomic E-state index is 11.4. The number of halogens is 1. The number of esters is 1. The summed E-state index contributed by atoms with van der Waals surface area (Å²) >= 11 is 5.74. The van der Waals surface area contributed by atoms with Gasteiger partial charge in [-0.1, -0.05) is 30.3 Å². The molecule has 1 aliphatic heterocycles. The molecule has 0 saturated heterocycles. The van der Waals surface area contributed by atoms with Crippen molar-refractivity contribution in [1.82, 2.24) is 0 Å². The molecule has 0 aliphatic carbocycles. The van der Waals surface area contributed by atoms with Crippen molar-refractivity contribution in [3.05, 3.63) is 47.5 Å². The van der Waals surface area contributed by atoms with Gasteiger partial charge in [0, 0.05) is 5.02 Å². The fourth-order valence-corrected chi connectivity index (χ4v) is 1.44. The fourth-order valence-electron chi connectivity index (χ4n) is 1.32. The van der Waals surface area contributed by atoms with Crippen molar-refractivity contribution in [2.24, 2.45) is 4.99 Å². The molecule has 0 spiro atoms. The first-order valence-electron chi connectivity index (χ1n) is 4.38. The van der Waals surface area contributed by atoms with Crippen LogP contribution in [0.5, 0.6) is 0 Å². The van der Waals surface area contributed by atoms with Crippen molar-refractivity contribution in [1.29, 1.82) is 0 Å². The predicted octanol–water partition coefficient (Wildman–Crippen LogP) is 2.52. The molecule has 1 unspecified atom stereocenters. The molecule has 3 nitrogen and oxygen atoms in total. The van der Waals surface area contributed by atoms with Gasteiger partial charge in [0.05, 0.1) is 0 Å². The Bertz CT molecular complexity index is 436. The normalized spacial score (nSPS) is 19.7. The van der Waals surface area contributed by atoms with Crippen LogP contribution in [0.1, 0.15) is 11.6 Å². The number of rotatable bonds is 2. The van der Waals surface area contributed by atoms with Crippen LogP contribution in [0, 0.1) is 0 Å². The van der Waals surface area contributed by atoms with Gasteiger partial charge >= 0.3 is 5.97 Å². The zero-order valence-electron chi connectivity index (χ0n) is 7.81. The van der Waals surface area contributed by atoms with Crippen LogP contribution in [-0.4, -0.2) is 11.9 Å². The molecule has 1 aliphatic rings. The van der Waals surface area contributed by atoms with E-state index in [1.165, 1.54) is 6.08 Å². The summed E-state index contributed by atoms with van der Waals surface area (Å²) in [6, 6.07) is 6.35. The Morgan fingerprint density at radius 2 is 2.07 bits per heavy atom. The zero-order chi connectivity index (χ0) is 10.8. The highest BCUT2D eigenvalue weighted by Crippen LogP contribution is 2.25. The van der Waals surface area contributed by atoms with Crippen molar-refractivity contribution in [2.45, 2.75) is 6.04 Å². The number of aliphatic imine (C=N–C) groups is 1. The van der Waals surface area contributed by atoms with E-state index in [0.29, 0.717) is 5.02 Å². The lowest BCUT2D eigenvalue weighted by Gasteiger charge is -2.02. The standard InChI is InChI=1S/C11H8ClNO2/c1-2-9-13-10(11(14)15-9)7-3-5-8(12)6-4-7/h2-6,10H,1H2. The van der Waals surface area contributed by atoms with Crippen LogP contribution >= 0.6 is 11.6 Å². The third-order valence-corrected chi connectivity index (χ3v) is 2.30. The maximum atomic E-state index is 11.4. The lowest BCUT2D eigenvalue weighted by Crippen LogP contribution is -2.07. The van der Waals surface area contributed by atoms with Crippen molar-refractivity contribution in [3.8, 4) is 0 Å². The molecule has 0 amide bonds. The Hall–Kier alpha value is -1.61. The molecular formula is C11H8ClNO2. The highest BCUT2D eigenvalue weighted by Gasteiger charge is 2.28. The molecule has 0 saturated carbocycles. The molecule has 1 aromatic carbocycles. The Balaban J connectivity index is 2.31. The average Bonchev–Trinajstić information content (AvgIpc) is 2.61. The third-order valence-electron chi connectivity index (χ3n) is 2.05. The van der Waals surface area contributed by atoms with Gasteiger partial charge in [-0.2, -0.15) is 0 Å². The van der Waals surface area contributed by atoms with Gasteiger partial charge < -0.3 is 4.74 Å². The molecule has 0 fully saturated rings. The van der Waals surface area contributed by atoms with Gasteiger partial charge in [-0.3, -0.25) is 0 Å². The van der Waals surface area contributed by atoms with Gasteiger partial charge in [0.25, 0.3) is 0 Å². The minimum atomic E-state index is -0.588. The third kappa shape index (κ3) is 1.92. The number of hydrogen-bond donors (Lipinski definition) is 0. The molecule has 1 aromatic rings. The van der Waals surface area contributed by atoms with E-state index in [9.17, 15) is 4.79 Å². The van der Waals surface area contributed by atoms with E-state index in [0.717, 1.165) is 5.56 Å². The van der Waals surface area contributed by atoms with Gasteiger partial charge in [-0.25, -0.2) is 9.79 Å². The van der Waals surface area contributed by atoms with Crippen LogP contribution in [0.4, 0.5) is 0 Å². The van der Waals surface area contributed by atoms with E-state index in [1.54, 1.807) is 24.3 Å². The monoisotopic (exact) mass is 221 g/mol. The quantitative estimate of drug-likeness (QED) is 0.720. The first-order valence-corrected chi connectivity index (χ1v) is 4.76. The topological polar surface area (TPSA) is 38.7 Å². The summed E-state index contributed by atoms with van der Waals surface area (Å²) in [5, 5.41) is 0.623. The predicted molar refractivity (Wildman–Crippen MR) is 57.9 cm³/mol. The summed E-state index contributed by atoms with van der Waals surface area (Å²) in [7, 11) is 0. The summed E-state index contributed by atoms with van der Waals surface area (Å²) in [6.45, 7) is 3.49. The Morgan fingerprint density at radius 3 is 2.60 bits per heavy atom. The lowest BCUT2D eigenvalue weighted by molar-refractivity contribution is -0.135. The van der Waals surface area contributed by atoms with Crippen LogP contribution in [0.15, 0.2) is 41.9 Å². The number of nitrogens with zero attached hydrogens (tertiary/aromatic N) is 1. The molecule has 4 heteroatoms. The highest BCUT2D eigenvalue weighted by atomic mass is 35.5. The van der Waals surface area contributed by atoms with Crippen molar-refractivity contribution in [3.63, 3.8) is 0 Å². The largest absolute Gasteiger partial charge is 0.406 e. The van der Waals surface area contributed by atoms with Gasteiger partial charge in [-0.05, 0) is 23.8 Å². The second kappa shape index (κ2) is 3.87. The highest BCUT2D eigenvalue weighted by molar-refractivity contribution is 6.30. The summed E-state index contributed by atoms with van der Waals surface area (Å²) < 4.78 is 4.87. The van der Waals surface area contributed by atoms with E-state index in [-0.39, 0.29) is 11.9 Å². The maximum Gasteiger partial charge on any atom is 0.342 e. The molecule has 76 valence electrons. The number of ether oxygens (including phenoxy) is 1. The van der Waals surface area contributed by atoms with Gasteiger partial charge in [0.15, 0.2) is 6.04 Å². The summed E-state index contributed by atoms with van der Waals surface area (Å²) in [5.74, 6) is -0.118. The van der Waals surface area contributed by atoms with Gasteiger partial charge in [-0.15, -0.1) is 0 Å². The van der Waals surface area contributed by atoms with Crippen LogP contribution < -0.4 is 0 Å². The Kier molecular flexibility index (Phi) is 2.56. The van der Waals surface area contributed by atoms with Crippen LogP contribution in [0.2, 0.25) is 5.02 Å². The van der Waals surface area contributed by atoms with Crippen LogP contribution in [-0.2, 0) is 9.53 Å². The van der Waals surface area contributed by atoms with E-state index in [2.05, 4.69) is 11.6 Å². The molecule has 15 heavy (non-hydrogen) atoms. The number of hydrogen-bond acceptors (Lipinski definition) is 3. The second-order valence-corrected chi connectivity index (χ2v) is 3.48. The van der Waals surface area contributed by atoms with Crippen molar-refractivity contribution < 1.29 is 9.53 Å². The van der Waals surface area contributed by atoms with Crippen LogP contribution in [0.3, 0.4) is 0 Å². The van der Waals surface area contributed by atoms with Crippen LogP contribution in [0.25, 0.3) is 0 Å². The number of cyclic esters (lactones) is 1. The second-order valence-electron chi connectivity index (χ2n) is 3.05. The first-order chi connectivity index (χ1) is 7.20. The number of carbonyl (C=O) groups excluding carboxylic acids is 1. The van der Waals surface area contributed by atoms with Crippen molar-refractivity contribution in [2.75, 3.05) is 0 Å². The molecule has 0 bridgehead atoms. The molecule has 0 radical (unpaired) electrons. The SMILES string of the molecule is C=CC1=NC(c2ccc(Cl)cc2)C(=O)O1. The van der Waals surface area contributed by atoms with E-state index in [4.69, 9.17) is 16.3 Å². The molecule has 0 aromatic heterocycles. The van der Waals surface area contributed by atoms with Gasteiger partial charge in [0.2, 0.25) is 5.90 Å². The minimum Gasteiger partial charge on any atom is -0.406 e. The smallest absolute Gasteiger partial charge is 0.342 e. The molecule has 1 atom stereocenters. The molecule has 1 heterocycles. The Morgan fingerprint density at radius 1 is 1.40 bits per heavy atom. The summed E-state index contributed by atoms with van der Waals surface area (Å²) in [4.78, 5) is 15.5. The summed E-state index contributed by atoms with van der Waals surface area (Å²) in [6.07, 6.45) is 1.41. The summed E-state index contributed by atoms with van der Waals surface area (Å²) in [5.41, 5.74) is 0.765. The Labute approximate surface area is 92.0 Å². The van der Waals surface area contributed by atoms with E-state index in [1.807, 2.05) is 0 Å². The fraction of sp³-hybridized carbons (Fsp3) is 0.0909. The van der Waals surface area contributed by atoms with Crippen molar-refractivity contribution >= 4 is 23.5 Å². The molecular weight excluding hydrogens is 214 g/mol. The zero-order valence-corrected chi connectivity index (χ0v) is 8.57. The first kappa shape index (κ1) is 9.93.